The van der Waals surface area contributed by atoms with Gasteiger partial charge in [-0.25, -0.2) is 4.98 Å². The summed E-state index contributed by atoms with van der Waals surface area (Å²) in [7, 11) is 0. The van der Waals surface area contributed by atoms with Crippen LogP contribution in [0.25, 0.3) is 0 Å². The first kappa shape index (κ1) is 22.1. The molecule has 0 saturated carbocycles. The van der Waals surface area contributed by atoms with Gasteiger partial charge in [0.15, 0.2) is 5.82 Å². The van der Waals surface area contributed by atoms with Crippen molar-refractivity contribution in [3.63, 3.8) is 0 Å². The highest BCUT2D eigenvalue weighted by Gasteiger charge is 2.23. The minimum atomic E-state index is -0.163. The summed E-state index contributed by atoms with van der Waals surface area (Å²) in [6.07, 6.45) is 6.00. The highest BCUT2D eigenvalue weighted by atomic mass is 16.5. The molecule has 0 spiro atoms. The van der Waals surface area contributed by atoms with Crippen molar-refractivity contribution in [2.75, 3.05) is 24.6 Å². The Bertz CT molecular complexity index is 795. The summed E-state index contributed by atoms with van der Waals surface area (Å²) >= 11 is 0. The molecular formula is C22H33N5O3. The first-order valence-corrected chi connectivity index (χ1v) is 10.9. The van der Waals surface area contributed by atoms with E-state index >= 15 is 0 Å². The van der Waals surface area contributed by atoms with Gasteiger partial charge in [0.1, 0.15) is 11.4 Å². The zero-order chi connectivity index (χ0) is 21.5. The number of nitrogens with zero attached hydrogens (tertiary/aromatic N) is 4. The Kier molecular flexibility index (Phi) is 7.65. The molecule has 30 heavy (non-hydrogen) atoms. The maximum absolute atomic E-state index is 11.9. The van der Waals surface area contributed by atoms with E-state index in [1.54, 1.807) is 18.3 Å². The topological polar surface area (TPSA) is 93.4 Å². The van der Waals surface area contributed by atoms with Crippen molar-refractivity contribution in [2.45, 2.75) is 65.3 Å². The Morgan fingerprint density at radius 2 is 2.03 bits per heavy atom. The van der Waals surface area contributed by atoms with E-state index in [1.807, 2.05) is 13.8 Å². The molecule has 2 aromatic heterocycles. The predicted molar refractivity (Wildman–Crippen MR) is 115 cm³/mol. The molecule has 0 aliphatic carbocycles. The van der Waals surface area contributed by atoms with Crippen molar-refractivity contribution in [1.29, 1.82) is 0 Å². The van der Waals surface area contributed by atoms with E-state index in [-0.39, 0.29) is 17.9 Å². The van der Waals surface area contributed by atoms with E-state index in [0.29, 0.717) is 30.0 Å². The lowest BCUT2D eigenvalue weighted by molar-refractivity contribution is 0.0938. The summed E-state index contributed by atoms with van der Waals surface area (Å²) in [5.74, 6) is 2.28. The van der Waals surface area contributed by atoms with Gasteiger partial charge in [-0.2, -0.15) is 4.98 Å². The lowest BCUT2D eigenvalue weighted by Crippen LogP contribution is -2.34. The molecule has 1 aliphatic rings. The van der Waals surface area contributed by atoms with Gasteiger partial charge < -0.3 is 19.5 Å². The van der Waals surface area contributed by atoms with Crippen LogP contribution >= 0.6 is 0 Å². The Labute approximate surface area is 178 Å². The van der Waals surface area contributed by atoms with E-state index in [0.717, 1.165) is 44.6 Å². The van der Waals surface area contributed by atoms with Crippen molar-refractivity contribution in [3.8, 4) is 5.75 Å². The van der Waals surface area contributed by atoms with Gasteiger partial charge in [-0.3, -0.25) is 4.79 Å². The van der Waals surface area contributed by atoms with E-state index < -0.39 is 0 Å². The third kappa shape index (κ3) is 6.18. The van der Waals surface area contributed by atoms with Crippen LogP contribution in [0.3, 0.4) is 0 Å². The zero-order valence-electron chi connectivity index (χ0n) is 18.4. The third-order valence-corrected chi connectivity index (χ3v) is 5.25. The predicted octanol–water partition coefficient (Wildman–Crippen LogP) is 3.80. The molecule has 8 heteroatoms. The number of aromatic nitrogens is 3. The highest BCUT2D eigenvalue weighted by molar-refractivity contribution is 5.92. The van der Waals surface area contributed by atoms with E-state index in [4.69, 9.17) is 9.26 Å². The first-order chi connectivity index (χ1) is 14.4. The van der Waals surface area contributed by atoms with Crippen LogP contribution in [0.2, 0.25) is 0 Å². The van der Waals surface area contributed by atoms with Gasteiger partial charge in [-0.1, -0.05) is 19.0 Å². The number of pyridine rings is 1. The van der Waals surface area contributed by atoms with Crippen LogP contribution in [-0.4, -0.2) is 46.8 Å². The number of anilines is 1. The Balaban J connectivity index is 1.34. The molecule has 0 unspecified atom stereocenters. The summed E-state index contributed by atoms with van der Waals surface area (Å²) in [6.45, 7) is 10.5. The summed E-state index contributed by atoms with van der Waals surface area (Å²) in [5.41, 5.74) is 0.407. The smallest absolute Gasteiger partial charge is 0.324 e. The molecule has 3 rings (SSSR count). The monoisotopic (exact) mass is 415 g/mol. The van der Waals surface area contributed by atoms with Gasteiger partial charge in [-0.15, -0.1) is 0 Å². The minimum absolute atomic E-state index is 0.0895. The van der Waals surface area contributed by atoms with Crippen molar-refractivity contribution >= 4 is 11.9 Å². The van der Waals surface area contributed by atoms with Gasteiger partial charge in [0, 0.05) is 25.0 Å². The lowest BCUT2D eigenvalue weighted by Gasteiger charge is -2.30. The molecular weight excluding hydrogens is 382 g/mol. The number of ether oxygens (including phenoxy) is 1. The fraction of sp³-hybridized carbons (Fsp3) is 0.636. The number of carbonyl (C=O) groups excluding carboxylic acids is 1. The fourth-order valence-electron chi connectivity index (χ4n) is 3.50. The fourth-order valence-corrected chi connectivity index (χ4v) is 3.50. The molecule has 1 amide bonds. The molecule has 1 fully saturated rings. The normalized spacial score (nSPS) is 15.1. The second-order valence-corrected chi connectivity index (χ2v) is 8.52. The maximum Gasteiger partial charge on any atom is 0.324 e. The summed E-state index contributed by atoms with van der Waals surface area (Å²) in [6, 6.07) is 4.24. The molecule has 0 radical (unpaired) electrons. The average molecular weight is 416 g/mol. The van der Waals surface area contributed by atoms with Crippen LogP contribution in [0.1, 0.15) is 75.6 Å². The van der Waals surface area contributed by atoms with Crippen LogP contribution in [0.5, 0.6) is 5.75 Å². The number of carbonyl (C=O) groups is 1. The summed E-state index contributed by atoms with van der Waals surface area (Å²) in [5, 5.41) is 6.88. The first-order valence-electron chi connectivity index (χ1n) is 10.9. The van der Waals surface area contributed by atoms with Crippen molar-refractivity contribution in [2.24, 2.45) is 5.92 Å². The Morgan fingerprint density at radius 1 is 1.27 bits per heavy atom. The number of hydrogen-bond acceptors (Lipinski definition) is 7. The Morgan fingerprint density at radius 3 is 2.63 bits per heavy atom. The lowest BCUT2D eigenvalue weighted by atomic mass is 9.92. The molecule has 1 N–H and O–H groups in total. The molecule has 1 aliphatic heterocycles. The van der Waals surface area contributed by atoms with Crippen molar-refractivity contribution in [3.05, 3.63) is 29.8 Å². The number of rotatable bonds is 9. The van der Waals surface area contributed by atoms with Crippen molar-refractivity contribution < 1.29 is 14.1 Å². The average Bonchev–Trinajstić information content (AvgIpc) is 3.22. The number of amides is 1. The molecule has 0 bridgehead atoms. The third-order valence-electron chi connectivity index (χ3n) is 5.25. The zero-order valence-corrected chi connectivity index (χ0v) is 18.4. The SMILES string of the molecule is CC(C)NC(=O)c1ccc(OCCCC2CCN(c3nc(C(C)C)no3)CC2)cn1. The Hall–Kier alpha value is -2.64. The quantitative estimate of drug-likeness (QED) is 0.623. The molecule has 8 nitrogen and oxygen atoms in total. The summed E-state index contributed by atoms with van der Waals surface area (Å²) < 4.78 is 11.2. The standard InChI is InChI=1S/C22H33N5O3/c1-15(2)20-25-22(30-26-20)27-11-9-17(10-12-27)6-5-13-29-18-7-8-19(23-14-18)21(28)24-16(3)4/h7-8,14-17H,5-6,9-13H2,1-4H3,(H,24,28). The molecule has 3 heterocycles. The molecule has 0 atom stereocenters. The molecule has 2 aromatic rings. The number of hydrogen-bond donors (Lipinski definition) is 1. The van der Waals surface area contributed by atoms with Crippen LogP contribution in [0.4, 0.5) is 6.01 Å². The maximum atomic E-state index is 11.9. The summed E-state index contributed by atoms with van der Waals surface area (Å²) in [4.78, 5) is 22.8. The minimum Gasteiger partial charge on any atom is -0.492 e. The highest BCUT2D eigenvalue weighted by Crippen LogP contribution is 2.26. The molecule has 164 valence electrons. The molecule has 0 aromatic carbocycles. The molecule has 1 saturated heterocycles. The van der Waals surface area contributed by atoms with Crippen molar-refractivity contribution in [1.82, 2.24) is 20.4 Å². The van der Waals surface area contributed by atoms with Gasteiger partial charge in [0.2, 0.25) is 0 Å². The van der Waals surface area contributed by atoms with E-state index in [1.165, 1.54) is 0 Å². The van der Waals surface area contributed by atoms with E-state index in [2.05, 4.69) is 39.2 Å². The second-order valence-electron chi connectivity index (χ2n) is 8.52. The van der Waals surface area contributed by atoms with Crippen LogP contribution in [-0.2, 0) is 0 Å². The van der Waals surface area contributed by atoms with Gasteiger partial charge in [-0.05, 0) is 57.6 Å². The number of piperidine rings is 1. The van der Waals surface area contributed by atoms with Crippen LogP contribution in [0, 0.1) is 5.92 Å². The van der Waals surface area contributed by atoms with Crippen LogP contribution < -0.4 is 15.0 Å². The van der Waals surface area contributed by atoms with Gasteiger partial charge in [0.05, 0.1) is 12.8 Å². The van der Waals surface area contributed by atoms with Crippen LogP contribution in [0.15, 0.2) is 22.9 Å². The van der Waals surface area contributed by atoms with E-state index in [9.17, 15) is 4.79 Å². The number of nitrogens with one attached hydrogen (secondary N) is 1. The van der Waals surface area contributed by atoms with Gasteiger partial charge in [0.25, 0.3) is 5.91 Å². The second kappa shape index (κ2) is 10.4. The van der Waals surface area contributed by atoms with Gasteiger partial charge >= 0.3 is 6.01 Å². The largest absolute Gasteiger partial charge is 0.492 e.